The molecule has 1 aliphatic rings. The molecule has 1 aliphatic heterocycles. The molecular weight excluding hydrogens is 302 g/mol. The van der Waals surface area contributed by atoms with Gasteiger partial charge in [-0.25, -0.2) is 4.98 Å². The molecule has 0 amide bonds. The lowest BCUT2D eigenvalue weighted by Crippen LogP contribution is -2.38. The average Bonchev–Trinajstić information content (AvgIpc) is 3.03. The molecule has 3 rings (SSSR count). The first-order valence-electron chi connectivity index (χ1n) is 8.55. The van der Waals surface area contributed by atoms with E-state index in [0.29, 0.717) is 6.04 Å². The van der Waals surface area contributed by atoms with Crippen LogP contribution in [0.2, 0.25) is 0 Å². The fraction of sp³-hybridized carbons (Fsp3) is 0.556. The molecule has 2 aromatic heterocycles. The minimum Gasteiger partial charge on any atom is -0.369 e. The largest absolute Gasteiger partial charge is 0.369 e. The second-order valence-electron chi connectivity index (χ2n) is 6.77. The van der Waals surface area contributed by atoms with E-state index in [0.717, 1.165) is 37.8 Å². The summed E-state index contributed by atoms with van der Waals surface area (Å²) in [5.41, 5.74) is 2.25. The molecule has 6 heteroatoms. The number of aromatic nitrogens is 3. The number of pyridine rings is 1. The molecule has 0 radical (unpaired) electrons. The zero-order valence-electron chi connectivity index (χ0n) is 15.0. The number of hydrogen-bond donors (Lipinski definition) is 0. The fourth-order valence-electron chi connectivity index (χ4n) is 3.05. The van der Waals surface area contributed by atoms with Gasteiger partial charge in [-0.3, -0.25) is 9.58 Å². The van der Waals surface area contributed by atoms with Crippen molar-refractivity contribution >= 4 is 5.82 Å². The number of morpholine rings is 1. The summed E-state index contributed by atoms with van der Waals surface area (Å²) < 4.78 is 8.07. The van der Waals surface area contributed by atoms with E-state index in [2.05, 4.69) is 40.7 Å². The fourth-order valence-corrected chi connectivity index (χ4v) is 3.05. The Balaban J connectivity index is 1.70. The molecule has 1 saturated heterocycles. The summed E-state index contributed by atoms with van der Waals surface area (Å²) in [6, 6.07) is 8.61. The second-order valence-corrected chi connectivity index (χ2v) is 6.77. The van der Waals surface area contributed by atoms with E-state index in [1.54, 1.807) is 0 Å². The third-order valence-corrected chi connectivity index (χ3v) is 4.32. The average molecular weight is 329 g/mol. The smallest absolute Gasteiger partial charge is 0.128 e. The molecule has 3 heterocycles. The van der Waals surface area contributed by atoms with Crippen molar-refractivity contribution < 1.29 is 4.74 Å². The highest BCUT2D eigenvalue weighted by Gasteiger charge is 2.24. The maximum atomic E-state index is 5.98. The highest BCUT2D eigenvalue weighted by molar-refractivity contribution is 5.37. The summed E-state index contributed by atoms with van der Waals surface area (Å²) in [6.07, 6.45) is 1.91. The number of anilines is 1. The quantitative estimate of drug-likeness (QED) is 0.843. The van der Waals surface area contributed by atoms with Crippen LogP contribution in [0.4, 0.5) is 5.82 Å². The first-order valence-corrected chi connectivity index (χ1v) is 8.55. The van der Waals surface area contributed by atoms with Crippen molar-refractivity contribution in [2.24, 2.45) is 0 Å². The highest BCUT2D eigenvalue weighted by atomic mass is 16.5. The molecule has 0 aliphatic carbocycles. The predicted molar refractivity (Wildman–Crippen MR) is 95.1 cm³/mol. The van der Waals surface area contributed by atoms with Crippen LogP contribution in [0.5, 0.6) is 0 Å². The van der Waals surface area contributed by atoms with Crippen LogP contribution in [0.3, 0.4) is 0 Å². The molecule has 1 atom stereocenters. The number of nitrogens with zero attached hydrogens (tertiary/aromatic N) is 5. The van der Waals surface area contributed by atoms with E-state index in [-0.39, 0.29) is 6.10 Å². The molecule has 24 heavy (non-hydrogen) atoms. The molecule has 0 saturated carbocycles. The lowest BCUT2D eigenvalue weighted by Gasteiger charge is -2.33. The van der Waals surface area contributed by atoms with Gasteiger partial charge >= 0.3 is 0 Å². The van der Waals surface area contributed by atoms with E-state index in [1.807, 2.05) is 37.3 Å². The maximum Gasteiger partial charge on any atom is 0.128 e. The SMILES string of the molecule is CC(C)n1nccc1CN1CCO[C@H](c2cccc(N(C)C)n2)C1. The van der Waals surface area contributed by atoms with Crippen LogP contribution in [-0.4, -0.2) is 53.5 Å². The van der Waals surface area contributed by atoms with E-state index < -0.39 is 0 Å². The molecule has 130 valence electrons. The molecule has 1 fully saturated rings. The third kappa shape index (κ3) is 3.76. The summed E-state index contributed by atoms with van der Waals surface area (Å²) in [7, 11) is 4.01. The summed E-state index contributed by atoms with van der Waals surface area (Å²) in [4.78, 5) is 9.17. The molecule has 0 unspecified atom stereocenters. The van der Waals surface area contributed by atoms with Gasteiger partial charge in [-0.05, 0) is 32.0 Å². The van der Waals surface area contributed by atoms with Crippen LogP contribution < -0.4 is 4.90 Å². The Morgan fingerprint density at radius 1 is 1.29 bits per heavy atom. The predicted octanol–water partition coefficient (Wildman–Crippen LogP) is 2.50. The lowest BCUT2D eigenvalue weighted by atomic mass is 10.1. The zero-order chi connectivity index (χ0) is 17.1. The van der Waals surface area contributed by atoms with Crippen LogP contribution in [-0.2, 0) is 11.3 Å². The lowest BCUT2D eigenvalue weighted by molar-refractivity contribution is -0.0357. The van der Waals surface area contributed by atoms with Crippen LogP contribution in [0.25, 0.3) is 0 Å². The Kier molecular flexibility index (Phi) is 5.16. The Labute approximate surface area is 144 Å². The Morgan fingerprint density at radius 3 is 2.88 bits per heavy atom. The van der Waals surface area contributed by atoms with E-state index >= 15 is 0 Å². The number of hydrogen-bond acceptors (Lipinski definition) is 5. The monoisotopic (exact) mass is 329 g/mol. The maximum absolute atomic E-state index is 5.98. The van der Waals surface area contributed by atoms with Gasteiger partial charge in [0.25, 0.3) is 0 Å². The molecule has 0 spiro atoms. The van der Waals surface area contributed by atoms with Crippen molar-refractivity contribution in [1.29, 1.82) is 0 Å². The molecule has 6 nitrogen and oxygen atoms in total. The molecule has 2 aromatic rings. The van der Waals surface area contributed by atoms with Gasteiger partial charge in [0.1, 0.15) is 11.9 Å². The van der Waals surface area contributed by atoms with Crippen LogP contribution >= 0.6 is 0 Å². The van der Waals surface area contributed by atoms with Crippen LogP contribution in [0.15, 0.2) is 30.5 Å². The highest BCUT2D eigenvalue weighted by Crippen LogP contribution is 2.23. The normalized spacial score (nSPS) is 19.0. The van der Waals surface area contributed by atoms with Crippen LogP contribution in [0.1, 0.15) is 37.4 Å². The summed E-state index contributed by atoms with van der Waals surface area (Å²) in [5.74, 6) is 0.964. The van der Waals surface area contributed by atoms with Gasteiger partial charge in [0, 0.05) is 46.0 Å². The van der Waals surface area contributed by atoms with E-state index in [4.69, 9.17) is 9.72 Å². The number of rotatable bonds is 5. The first-order chi connectivity index (χ1) is 11.5. The number of ether oxygens (including phenoxy) is 1. The van der Waals surface area contributed by atoms with Crippen molar-refractivity contribution in [3.63, 3.8) is 0 Å². The summed E-state index contributed by atoms with van der Waals surface area (Å²) in [6.45, 7) is 7.74. The van der Waals surface area contributed by atoms with Gasteiger partial charge in [0.05, 0.1) is 18.0 Å². The molecular formula is C18H27N5O. The van der Waals surface area contributed by atoms with Gasteiger partial charge in [0.2, 0.25) is 0 Å². The minimum atomic E-state index is 0.0223. The molecule has 0 N–H and O–H groups in total. The summed E-state index contributed by atoms with van der Waals surface area (Å²) in [5, 5.41) is 4.43. The topological polar surface area (TPSA) is 46.4 Å². The van der Waals surface area contributed by atoms with Crippen molar-refractivity contribution in [3.8, 4) is 0 Å². The van der Waals surface area contributed by atoms with Gasteiger partial charge in [-0.15, -0.1) is 0 Å². The zero-order valence-corrected chi connectivity index (χ0v) is 15.0. The Hall–Kier alpha value is -1.92. The van der Waals surface area contributed by atoms with Crippen molar-refractivity contribution in [3.05, 3.63) is 41.9 Å². The molecule has 0 bridgehead atoms. The van der Waals surface area contributed by atoms with Crippen molar-refractivity contribution in [2.45, 2.75) is 32.5 Å². The minimum absolute atomic E-state index is 0.0223. The van der Waals surface area contributed by atoms with Gasteiger partial charge in [-0.2, -0.15) is 5.10 Å². The standard InChI is InChI=1S/C18H27N5O/c1-14(2)23-15(8-9-19-23)12-22-10-11-24-17(13-22)16-6-5-7-18(20-16)21(3)4/h5-9,14,17H,10-13H2,1-4H3/t17-/m0/s1. The van der Waals surface area contributed by atoms with Crippen molar-refractivity contribution in [1.82, 2.24) is 19.7 Å². The molecule has 0 aromatic carbocycles. The van der Waals surface area contributed by atoms with E-state index in [9.17, 15) is 0 Å². The summed E-state index contributed by atoms with van der Waals surface area (Å²) >= 11 is 0. The van der Waals surface area contributed by atoms with Crippen molar-refractivity contribution in [2.75, 3.05) is 38.7 Å². The van der Waals surface area contributed by atoms with Gasteiger partial charge in [0.15, 0.2) is 0 Å². The van der Waals surface area contributed by atoms with Gasteiger partial charge < -0.3 is 9.64 Å². The van der Waals surface area contributed by atoms with Crippen LogP contribution in [0, 0.1) is 0 Å². The Bertz CT molecular complexity index is 667. The van der Waals surface area contributed by atoms with Gasteiger partial charge in [-0.1, -0.05) is 6.07 Å². The third-order valence-electron chi connectivity index (χ3n) is 4.32. The second kappa shape index (κ2) is 7.32. The first kappa shape index (κ1) is 16.9. The Morgan fingerprint density at radius 2 is 2.12 bits per heavy atom. The van der Waals surface area contributed by atoms with E-state index in [1.165, 1.54) is 5.69 Å².